The van der Waals surface area contributed by atoms with E-state index in [1.54, 1.807) is 12.1 Å². The van der Waals surface area contributed by atoms with Crippen LogP contribution in [0.15, 0.2) is 30.6 Å². The first-order chi connectivity index (χ1) is 12.0. The van der Waals surface area contributed by atoms with Gasteiger partial charge >= 0.3 is 0 Å². The standard InChI is InChI=1S/C17H16Cl3N3O2/c18-12-3-2-11(13(19)6-12)7-17(4-1-5-17)23-15(24)10-25-16-9-21-8-14(20)22-16/h2-3,6,8-9H,1,4-5,7,10H2,(H,23,24). The molecular weight excluding hydrogens is 385 g/mol. The highest BCUT2D eigenvalue weighted by molar-refractivity contribution is 6.35. The van der Waals surface area contributed by atoms with Gasteiger partial charge in [0, 0.05) is 15.6 Å². The summed E-state index contributed by atoms with van der Waals surface area (Å²) in [5, 5.41) is 4.49. The van der Waals surface area contributed by atoms with Gasteiger partial charge in [-0.25, -0.2) is 0 Å². The lowest BCUT2D eigenvalue weighted by atomic mass is 9.72. The molecule has 0 bridgehead atoms. The molecule has 0 spiro atoms. The number of nitrogens with zero attached hydrogens (tertiary/aromatic N) is 2. The van der Waals surface area contributed by atoms with Gasteiger partial charge in [-0.05, 0) is 43.4 Å². The lowest BCUT2D eigenvalue weighted by Gasteiger charge is -2.43. The van der Waals surface area contributed by atoms with Crippen molar-refractivity contribution in [3.05, 3.63) is 51.4 Å². The molecule has 8 heteroatoms. The van der Waals surface area contributed by atoms with Crippen molar-refractivity contribution in [1.82, 2.24) is 15.3 Å². The first-order valence-corrected chi connectivity index (χ1v) is 8.94. The molecule has 1 heterocycles. The van der Waals surface area contributed by atoms with Gasteiger partial charge < -0.3 is 10.1 Å². The van der Waals surface area contributed by atoms with Crippen LogP contribution in [0, 0.1) is 0 Å². The molecular formula is C17H16Cl3N3O2. The molecule has 0 unspecified atom stereocenters. The van der Waals surface area contributed by atoms with E-state index in [1.165, 1.54) is 12.4 Å². The van der Waals surface area contributed by atoms with Crippen LogP contribution >= 0.6 is 34.8 Å². The van der Waals surface area contributed by atoms with Crippen LogP contribution in [0.25, 0.3) is 0 Å². The summed E-state index contributed by atoms with van der Waals surface area (Å²) in [5.74, 6) is -0.00221. The predicted molar refractivity (Wildman–Crippen MR) is 97.4 cm³/mol. The fourth-order valence-corrected chi connectivity index (χ4v) is 3.46. The zero-order valence-electron chi connectivity index (χ0n) is 13.3. The SMILES string of the molecule is O=C(COc1cncc(Cl)n1)NC1(Cc2ccc(Cl)cc2Cl)CCC1. The Kier molecular flexibility index (Phi) is 5.67. The number of ether oxygens (including phenoxy) is 1. The van der Waals surface area contributed by atoms with E-state index >= 15 is 0 Å². The molecule has 1 N–H and O–H groups in total. The van der Waals surface area contributed by atoms with E-state index in [1.807, 2.05) is 6.07 Å². The fourth-order valence-electron chi connectivity index (χ4n) is 2.85. The Morgan fingerprint density at radius 3 is 2.68 bits per heavy atom. The van der Waals surface area contributed by atoms with Crippen LogP contribution in [0.5, 0.6) is 5.88 Å². The van der Waals surface area contributed by atoms with Crippen LogP contribution < -0.4 is 10.1 Å². The summed E-state index contributed by atoms with van der Waals surface area (Å²) in [4.78, 5) is 20.1. The average molecular weight is 401 g/mol. The molecule has 5 nitrogen and oxygen atoms in total. The maximum absolute atomic E-state index is 12.3. The Morgan fingerprint density at radius 2 is 2.04 bits per heavy atom. The van der Waals surface area contributed by atoms with Gasteiger partial charge in [-0.3, -0.25) is 9.78 Å². The fraction of sp³-hybridized carbons (Fsp3) is 0.353. The van der Waals surface area contributed by atoms with Crippen LogP contribution in [-0.2, 0) is 11.2 Å². The minimum Gasteiger partial charge on any atom is -0.466 e. The second-order valence-electron chi connectivity index (χ2n) is 6.06. The van der Waals surface area contributed by atoms with Crippen molar-refractivity contribution in [3.8, 4) is 5.88 Å². The van der Waals surface area contributed by atoms with Gasteiger partial charge in [0.2, 0.25) is 5.88 Å². The molecule has 0 atom stereocenters. The maximum Gasteiger partial charge on any atom is 0.258 e. The first kappa shape index (κ1) is 18.2. The van der Waals surface area contributed by atoms with E-state index in [9.17, 15) is 4.79 Å². The van der Waals surface area contributed by atoms with Crippen molar-refractivity contribution in [2.45, 2.75) is 31.2 Å². The molecule has 132 valence electrons. The third-order valence-electron chi connectivity index (χ3n) is 4.19. The lowest BCUT2D eigenvalue weighted by Crippen LogP contribution is -2.56. The third-order valence-corrected chi connectivity index (χ3v) is 4.96. The minimum absolute atomic E-state index is 0.148. The normalized spacial score (nSPS) is 15.3. The van der Waals surface area contributed by atoms with E-state index in [0.717, 1.165) is 24.8 Å². The smallest absolute Gasteiger partial charge is 0.258 e. The summed E-state index contributed by atoms with van der Waals surface area (Å²) < 4.78 is 5.34. The largest absolute Gasteiger partial charge is 0.466 e. The summed E-state index contributed by atoms with van der Waals surface area (Å²) in [6.07, 6.45) is 6.32. The Hall–Kier alpha value is -1.56. The number of carbonyl (C=O) groups excluding carboxylic acids is 1. The molecule has 1 fully saturated rings. The minimum atomic E-state index is -0.294. The van der Waals surface area contributed by atoms with Crippen molar-refractivity contribution in [2.24, 2.45) is 0 Å². The number of hydrogen-bond acceptors (Lipinski definition) is 4. The Morgan fingerprint density at radius 1 is 1.24 bits per heavy atom. The van der Waals surface area contributed by atoms with Gasteiger partial charge in [0.15, 0.2) is 11.8 Å². The Labute approximate surface area is 160 Å². The molecule has 1 aromatic carbocycles. The van der Waals surface area contributed by atoms with E-state index < -0.39 is 0 Å². The highest BCUT2D eigenvalue weighted by Gasteiger charge is 2.38. The van der Waals surface area contributed by atoms with Crippen molar-refractivity contribution >= 4 is 40.7 Å². The van der Waals surface area contributed by atoms with Gasteiger partial charge in [-0.1, -0.05) is 40.9 Å². The Balaban J connectivity index is 1.60. The van der Waals surface area contributed by atoms with Crippen LogP contribution in [0.1, 0.15) is 24.8 Å². The molecule has 1 aliphatic carbocycles. The molecule has 1 aliphatic rings. The zero-order chi connectivity index (χ0) is 17.9. The summed E-state index contributed by atoms with van der Waals surface area (Å²) in [7, 11) is 0. The first-order valence-electron chi connectivity index (χ1n) is 7.81. The number of halogens is 3. The monoisotopic (exact) mass is 399 g/mol. The van der Waals surface area contributed by atoms with Crippen molar-refractivity contribution in [1.29, 1.82) is 0 Å². The summed E-state index contributed by atoms with van der Waals surface area (Å²) >= 11 is 17.9. The van der Waals surface area contributed by atoms with E-state index in [0.29, 0.717) is 16.5 Å². The van der Waals surface area contributed by atoms with Crippen LogP contribution in [0.4, 0.5) is 0 Å². The van der Waals surface area contributed by atoms with Crippen molar-refractivity contribution in [3.63, 3.8) is 0 Å². The van der Waals surface area contributed by atoms with Gasteiger partial charge in [0.25, 0.3) is 5.91 Å². The lowest BCUT2D eigenvalue weighted by molar-refractivity contribution is -0.126. The molecule has 1 amide bonds. The molecule has 3 rings (SSSR count). The number of rotatable bonds is 6. The number of aromatic nitrogens is 2. The maximum atomic E-state index is 12.3. The third kappa shape index (κ3) is 4.75. The summed E-state index contributed by atoms with van der Waals surface area (Å²) in [5.41, 5.74) is 0.672. The topological polar surface area (TPSA) is 64.1 Å². The number of benzene rings is 1. The van der Waals surface area contributed by atoms with E-state index in [2.05, 4.69) is 15.3 Å². The van der Waals surface area contributed by atoms with Gasteiger partial charge in [-0.15, -0.1) is 0 Å². The van der Waals surface area contributed by atoms with E-state index in [-0.39, 0.29) is 29.1 Å². The van der Waals surface area contributed by atoms with Crippen LogP contribution in [0.3, 0.4) is 0 Å². The predicted octanol–water partition coefficient (Wildman–Crippen LogP) is 4.10. The molecule has 0 aliphatic heterocycles. The van der Waals surface area contributed by atoms with Crippen molar-refractivity contribution < 1.29 is 9.53 Å². The van der Waals surface area contributed by atoms with E-state index in [4.69, 9.17) is 39.5 Å². The molecule has 0 saturated heterocycles. The number of hydrogen-bond donors (Lipinski definition) is 1. The molecule has 0 radical (unpaired) electrons. The number of carbonyl (C=O) groups is 1. The highest BCUT2D eigenvalue weighted by Crippen LogP contribution is 2.37. The quantitative estimate of drug-likeness (QED) is 0.793. The molecule has 1 saturated carbocycles. The molecule has 25 heavy (non-hydrogen) atoms. The van der Waals surface area contributed by atoms with Crippen LogP contribution in [-0.4, -0.2) is 28.0 Å². The summed E-state index contributed by atoms with van der Waals surface area (Å²) in [6.45, 7) is -0.148. The zero-order valence-corrected chi connectivity index (χ0v) is 15.5. The summed E-state index contributed by atoms with van der Waals surface area (Å²) in [6, 6.07) is 5.42. The van der Waals surface area contributed by atoms with Crippen LogP contribution in [0.2, 0.25) is 15.2 Å². The van der Waals surface area contributed by atoms with Crippen molar-refractivity contribution in [2.75, 3.05) is 6.61 Å². The number of nitrogens with one attached hydrogen (secondary N) is 1. The second-order valence-corrected chi connectivity index (χ2v) is 7.29. The number of amides is 1. The molecule has 2 aromatic rings. The molecule has 1 aromatic heterocycles. The highest BCUT2D eigenvalue weighted by atomic mass is 35.5. The van der Waals surface area contributed by atoms with Gasteiger partial charge in [0.05, 0.1) is 12.4 Å². The van der Waals surface area contributed by atoms with Gasteiger partial charge in [-0.2, -0.15) is 4.98 Å². The van der Waals surface area contributed by atoms with Gasteiger partial charge in [0.1, 0.15) is 0 Å². The second kappa shape index (κ2) is 7.77. The average Bonchev–Trinajstić information content (AvgIpc) is 2.53. The Bertz CT molecular complexity index is 781.